The van der Waals surface area contributed by atoms with Gasteiger partial charge < -0.3 is 9.47 Å². The van der Waals surface area contributed by atoms with Crippen LogP contribution in [-0.2, 0) is 32.0 Å². The Hall–Kier alpha value is -2.37. The number of ether oxygens (including phenoxy) is 2. The second-order valence-corrected chi connectivity index (χ2v) is 3.66. The van der Waals surface area contributed by atoms with E-state index in [1.54, 1.807) is 6.33 Å². The molecule has 0 aliphatic rings. The van der Waals surface area contributed by atoms with Crippen LogP contribution >= 0.6 is 0 Å². The Labute approximate surface area is 111 Å². The first-order chi connectivity index (χ1) is 9.15. The van der Waals surface area contributed by atoms with Crippen molar-refractivity contribution in [1.29, 1.82) is 0 Å². The SMILES string of the molecule is C=CC(=O)OCCc1c[n+](CCOC(=O)C=C)c[nH]1. The third-order valence-electron chi connectivity index (χ3n) is 2.28. The molecule has 0 saturated carbocycles. The Bertz CT molecular complexity index is 424. The minimum absolute atomic E-state index is 0.276. The first-order valence-corrected chi connectivity index (χ1v) is 5.80. The molecule has 0 radical (unpaired) electrons. The molecule has 0 aromatic carbocycles. The Morgan fingerprint density at radius 2 is 1.84 bits per heavy atom. The van der Waals surface area contributed by atoms with Crippen molar-refractivity contribution < 1.29 is 23.6 Å². The van der Waals surface area contributed by atoms with Crippen LogP contribution < -0.4 is 4.57 Å². The summed E-state index contributed by atoms with van der Waals surface area (Å²) >= 11 is 0. The van der Waals surface area contributed by atoms with Gasteiger partial charge in [0.15, 0.2) is 0 Å². The lowest BCUT2D eigenvalue weighted by Gasteiger charge is -1.98. The molecule has 0 unspecified atom stereocenters. The average molecular weight is 265 g/mol. The number of carbonyl (C=O) groups is 2. The maximum absolute atomic E-state index is 10.8. The first kappa shape index (κ1) is 14.7. The quantitative estimate of drug-likeness (QED) is 0.417. The minimum Gasteiger partial charge on any atom is -0.462 e. The molecule has 1 aromatic rings. The van der Waals surface area contributed by atoms with Gasteiger partial charge in [-0.15, -0.1) is 0 Å². The molecule has 0 bridgehead atoms. The van der Waals surface area contributed by atoms with Gasteiger partial charge in [-0.3, -0.25) is 0 Å². The Kier molecular flexibility index (Phi) is 6.08. The molecule has 0 spiro atoms. The second-order valence-electron chi connectivity index (χ2n) is 3.66. The van der Waals surface area contributed by atoms with E-state index in [1.165, 1.54) is 0 Å². The summed E-state index contributed by atoms with van der Waals surface area (Å²) in [6.07, 6.45) is 6.46. The number of imidazole rings is 1. The second kappa shape index (κ2) is 7.86. The van der Waals surface area contributed by atoms with E-state index in [0.29, 0.717) is 13.0 Å². The van der Waals surface area contributed by atoms with Crippen molar-refractivity contribution in [2.75, 3.05) is 13.2 Å². The van der Waals surface area contributed by atoms with Crippen molar-refractivity contribution in [2.45, 2.75) is 13.0 Å². The number of rotatable bonds is 8. The van der Waals surface area contributed by atoms with Crippen LogP contribution in [0.1, 0.15) is 5.69 Å². The van der Waals surface area contributed by atoms with Gasteiger partial charge in [0.1, 0.15) is 25.0 Å². The van der Waals surface area contributed by atoms with Gasteiger partial charge in [-0.25, -0.2) is 19.1 Å². The van der Waals surface area contributed by atoms with E-state index in [1.807, 2.05) is 10.8 Å². The number of aromatic nitrogens is 2. The molecule has 1 aromatic heterocycles. The smallest absolute Gasteiger partial charge is 0.330 e. The number of H-pyrrole nitrogens is 1. The predicted molar refractivity (Wildman–Crippen MR) is 67.0 cm³/mol. The summed E-state index contributed by atoms with van der Waals surface area (Å²) in [4.78, 5) is 24.7. The maximum Gasteiger partial charge on any atom is 0.330 e. The number of nitrogens with one attached hydrogen (secondary N) is 1. The van der Waals surface area contributed by atoms with Crippen LogP contribution in [0, 0.1) is 0 Å². The summed E-state index contributed by atoms with van der Waals surface area (Å²) in [6, 6.07) is 0. The first-order valence-electron chi connectivity index (χ1n) is 5.80. The summed E-state index contributed by atoms with van der Waals surface area (Å²) in [6.45, 7) is 7.73. The fraction of sp³-hybridized carbons (Fsp3) is 0.308. The van der Waals surface area contributed by atoms with E-state index >= 15 is 0 Å². The molecule has 0 saturated heterocycles. The lowest BCUT2D eigenvalue weighted by Crippen LogP contribution is -2.33. The third-order valence-corrected chi connectivity index (χ3v) is 2.28. The summed E-state index contributed by atoms with van der Waals surface area (Å²) in [7, 11) is 0. The summed E-state index contributed by atoms with van der Waals surface area (Å²) < 4.78 is 11.6. The van der Waals surface area contributed by atoms with Gasteiger partial charge in [-0.2, -0.15) is 0 Å². The summed E-state index contributed by atoms with van der Waals surface area (Å²) in [5.74, 6) is -0.872. The van der Waals surface area contributed by atoms with Crippen LogP contribution in [0.15, 0.2) is 37.8 Å². The molecule has 1 N–H and O–H groups in total. The van der Waals surface area contributed by atoms with E-state index in [2.05, 4.69) is 18.1 Å². The molecule has 6 heteroatoms. The van der Waals surface area contributed by atoms with Gasteiger partial charge in [0, 0.05) is 18.6 Å². The molecule has 102 valence electrons. The van der Waals surface area contributed by atoms with Crippen molar-refractivity contribution in [3.63, 3.8) is 0 Å². The van der Waals surface area contributed by atoms with Crippen molar-refractivity contribution in [1.82, 2.24) is 4.98 Å². The summed E-state index contributed by atoms with van der Waals surface area (Å²) in [5, 5.41) is 0. The number of hydrogen-bond donors (Lipinski definition) is 1. The van der Waals surface area contributed by atoms with Gasteiger partial charge in [-0.1, -0.05) is 13.2 Å². The Balaban J connectivity index is 2.28. The zero-order valence-electron chi connectivity index (χ0n) is 10.6. The highest BCUT2D eigenvalue weighted by Crippen LogP contribution is 1.93. The fourth-order valence-electron chi connectivity index (χ4n) is 1.34. The van der Waals surface area contributed by atoms with E-state index in [-0.39, 0.29) is 13.2 Å². The minimum atomic E-state index is -0.437. The lowest BCUT2D eigenvalue weighted by molar-refractivity contribution is -0.696. The highest BCUT2D eigenvalue weighted by molar-refractivity contribution is 5.81. The topological polar surface area (TPSA) is 72.3 Å². The molecule has 1 rings (SSSR count). The van der Waals surface area contributed by atoms with E-state index in [9.17, 15) is 9.59 Å². The van der Waals surface area contributed by atoms with E-state index in [0.717, 1.165) is 17.8 Å². The van der Waals surface area contributed by atoms with Crippen LogP contribution in [0.5, 0.6) is 0 Å². The predicted octanol–water partition coefficient (Wildman–Crippen LogP) is 0.303. The van der Waals surface area contributed by atoms with Crippen molar-refractivity contribution in [3.8, 4) is 0 Å². The van der Waals surface area contributed by atoms with Crippen LogP contribution in [0.25, 0.3) is 0 Å². The van der Waals surface area contributed by atoms with Crippen molar-refractivity contribution in [2.24, 2.45) is 0 Å². The largest absolute Gasteiger partial charge is 0.462 e. The van der Waals surface area contributed by atoms with Crippen molar-refractivity contribution >= 4 is 11.9 Å². The van der Waals surface area contributed by atoms with E-state index < -0.39 is 11.9 Å². The zero-order valence-corrected chi connectivity index (χ0v) is 10.6. The molecule has 0 atom stereocenters. The number of nitrogens with zero attached hydrogens (tertiary/aromatic N) is 1. The van der Waals surface area contributed by atoms with Crippen LogP contribution in [0.4, 0.5) is 0 Å². The molecule has 1 heterocycles. The molecule has 19 heavy (non-hydrogen) atoms. The normalized spacial score (nSPS) is 9.68. The van der Waals surface area contributed by atoms with Gasteiger partial charge in [0.05, 0.1) is 6.61 Å². The number of hydrogen-bond acceptors (Lipinski definition) is 4. The Morgan fingerprint density at radius 1 is 1.21 bits per heavy atom. The average Bonchev–Trinajstić information content (AvgIpc) is 2.86. The fourth-order valence-corrected chi connectivity index (χ4v) is 1.34. The highest BCUT2D eigenvalue weighted by Gasteiger charge is 2.07. The molecule has 0 aliphatic heterocycles. The maximum atomic E-state index is 10.8. The molecular formula is C13H17N2O4+. The van der Waals surface area contributed by atoms with Gasteiger partial charge in [0.25, 0.3) is 0 Å². The lowest BCUT2D eigenvalue weighted by atomic mass is 10.3. The highest BCUT2D eigenvalue weighted by atomic mass is 16.5. The summed E-state index contributed by atoms with van der Waals surface area (Å²) in [5.41, 5.74) is 0.923. The number of aromatic amines is 1. The molecule has 6 nitrogen and oxygen atoms in total. The van der Waals surface area contributed by atoms with Crippen LogP contribution in [-0.4, -0.2) is 30.1 Å². The number of carbonyl (C=O) groups excluding carboxylic acids is 2. The third kappa shape index (κ3) is 5.67. The van der Waals surface area contributed by atoms with E-state index in [4.69, 9.17) is 9.47 Å². The Morgan fingerprint density at radius 3 is 2.47 bits per heavy atom. The standard InChI is InChI=1S/C13H16N2O4/c1-3-12(16)18-7-5-11-9-15(10-14-11)6-8-19-13(17)4-2/h3-4,9-10H,1-2,5-8H2/p+1. The van der Waals surface area contributed by atoms with Crippen LogP contribution in [0.2, 0.25) is 0 Å². The zero-order chi connectivity index (χ0) is 14.1. The molecule has 0 aliphatic carbocycles. The van der Waals surface area contributed by atoms with Crippen LogP contribution in [0.3, 0.4) is 0 Å². The molecule has 0 fully saturated rings. The number of esters is 2. The van der Waals surface area contributed by atoms with Gasteiger partial charge in [-0.05, 0) is 0 Å². The molecular weight excluding hydrogens is 248 g/mol. The van der Waals surface area contributed by atoms with Gasteiger partial charge in [0.2, 0.25) is 6.33 Å². The van der Waals surface area contributed by atoms with Crippen molar-refractivity contribution in [3.05, 3.63) is 43.5 Å². The van der Waals surface area contributed by atoms with Gasteiger partial charge >= 0.3 is 11.9 Å². The monoisotopic (exact) mass is 265 g/mol. The molecule has 0 amide bonds.